The van der Waals surface area contributed by atoms with Crippen LogP contribution < -0.4 is 11.2 Å². The third-order valence-electron chi connectivity index (χ3n) is 3.24. The van der Waals surface area contributed by atoms with Gasteiger partial charge in [-0.2, -0.15) is 0 Å². The number of hydrogen-bond acceptors (Lipinski definition) is 4. The van der Waals surface area contributed by atoms with Crippen molar-refractivity contribution in [2.24, 2.45) is 5.73 Å². The van der Waals surface area contributed by atoms with Crippen molar-refractivity contribution in [3.8, 4) is 0 Å². The Morgan fingerprint density at radius 2 is 2.20 bits per heavy atom. The number of hydrazine groups is 1. The number of rotatable bonds is 0. The molecule has 5 nitrogen and oxygen atoms in total. The van der Waals surface area contributed by atoms with Gasteiger partial charge in [0.05, 0.1) is 6.04 Å². The van der Waals surface area contributed by atoms with E-state index in [2.05, 4.69) is 12.3 Å². The number of nitrogens with one attached hydrogen (secondary N) is 1. The zero-order valence-corrected chi connectivity index (χ0v) is 9.45. The minimum atomic E-state index is -0.377. The zero-order chi connectivity index (χ0) is 11.2. The van der Waals surface area contributed by atoms with Crippen LogP contribution in [0.3, 0.4) is 0 Å². The molecule has 0 aromatic carbocycles. The van der Waals surface area contributed by atoms with E-state index >= 15 is 0 Å². The molecule has 2 aliphatic heterocycles. The van der Waals surface area contributed by atoms with Gasteiger partial charge in [0.2, 0.25) is 5.91 Å². The SMILES string of the molecule is CC1=C2N(CCC(N)C(=O)N2C)NC1C. The minimum absolute atomic E-state index is 0.00255. The summed E-state index contributed by atoms with van der Waals surface area (Å²) in [5.74, 6) is 0.975. The summed E-state index contributed by atoms with van der Waals surface area (Å²) in [4.78, 5) is 13.5. The maximum atomic E-state index is 11.9. The van der Waals surface area contributed by atoms with Gasteiger partial charge in [-0.05, 0) is 25.8 Å². The molecule has 2 rings (SSSR count). The molecule has 15 heavy (non-hydrogen) atoms. The predicted octanol–water partition coefficient (Wildman–Crippen LogP) is -0.384. The summed E-state index contributed by atoms with van der Waals surface area (Å²) in [5.41, 5.74) is 10.3. The average Bonchev–Trinajstić information content (AvgIpc) is 2.44. The van der Waals surface area contributed by atoms with Gasteiger partial charge in [0.25, 0.3) is 0 Å². The summed E-state index contributed by atoms with van der Waals surface area (Å²) in [6, 6.07) is -0.0809. The van der Waals surface area contributed by atoms with Gasteiger partial charge < -0.3 is 5.73 Å². The first-order valence-electron chi connectivity index (χ1n) is 5.30. The molecule has 2 unspecified atom stereocenters. The molecule has 0 saturated carbocycles. The van der Waals surface area contributed by atoms with E-state index in [4.69, 9.17) is 5.73 Å². The van der Waals surface area contributed by atoms with Gasteiger partial charge in [-0.15, -0.1) is 0 Å². The number of fused-ring (bicyclic) bond motifs is 1. The molecule has 2 heterocycles. The van der Waals surface area contributed by atoms with Crippen molar-refractivity contribution in [1.82, 2.24) is 15.3 Å². The van der Waals surface area contributed by atoms with E-state index in [1.807, 2.05) is 11.9 Å². The fourth-order valence-corrected chi connectivity index (χ4v) is 2.16. The quantitative estimate of drug-likeness (QED) is 0.572. The molecule has 2 aliphatic rings. The Balaban J connectivity index is 2.37. The fourth-order valence-electron chi connectivity index (χ4n) is 2.16. The van der Waals surface area contributed by atoms with Crippen molar-refractivity contribution in [2.75, 3.05) is 13.6 Å². The lowest BCUT2D eigenvalue weighted by atomic mass is 10.1. The summed E-state index contributed by atoms with van der Waals surface area (Å²) in [7, 11) is 1.79. The van der Waals surface area contributed by atoms with E-state index in [-0.39, 0.29) is 11.9 Å². The first-order valence-corrected chi connectivity index (χ1v) is 5.30. The van der Waals surface area contributed by atoms with Crippen LogP contribution in [0, 0.1) is 0 Å². The lowest BCUT2D eigenvalue weighted by Gasteiger charge is -2.25. The molecular weight excluding hydrogens is 192 g/mol. The standard InChI is InChI=1S/C10H18N4O/c1-6-7(2)12-14-5-4-8(11)10(15)13(3)9(6)14/h7-8,12H,4-5,11H2,1-3H3. The summed E-state index contributed by atoms with van der Waals surface area (Å²) in [6.07, 6.45) is 0.694. The van der Waals surface area contributed by atoms with Crippen LogP contribution in [-0.4, -0.2) is 41.5 Å². The monoisotopic (exact) mass is 210 g/mol. The van der Waals surface area contributed by atoms with Crippen LogP contribution in [0.1, 0.15) is 20.3 Å². The van der Waals surface area contributed by atoms with E-state index in [1.54, 1.807) is 11.9 Å². The Labute approximate surface area is 89.9 Å². The zero-order valence-electron chi connectivity index (χ0n) is 9.45. The Kier molecular flexibility index (Phi) is 2.44. The normalized spacial score (nSPS) is 32.1. The van der Waals surface area contributed by atoms with E-state index in [1.165, 1.54) is 5.57 Å². The third kappa shape index (κ3) is 1.52. The Bertz CT molecular complexity index is 325. The highest BCUT2D eigenvalue weighted by Gasteiger charge is 2.35. The molecule has 1 amide bonds. The Morgan fingerprint density at radius 3 is 2.87 bits per heavy atom. The van der Waals surface area contributed by atoms with Crippen LogP contribution in [-0.2, 0) is 4.79 Å². The first kappa shape index (κ1) is 10.4. The fraction of sp³-hybridized carbons (Fsp3) is 0.700. The number of nitrogens with two attached hydrogens (primary N) is 1. The molecular formula is C10H18N4O. The highest BCUT2D eigenvalue weighted by atomic mass is 16.2. The molecule has 0 aliphatic carbocycles. The van der Waals surface area contributed by atoms with Crippen LogP contribution >= 0.6 is 0 Å². The third-order valence-corrected chi connectivity index (χ3v) is 3.24. The minimum Gasteiger partial charge on any atom is -0.320 e. The first-order chi connectivity index (χ1) is 7.02. The van der Waals surface area contributed by atoms with E-state index < -0.39 is 0 Å². The number of carbonyl (C=O) groups is 1. The second kappa shape index (κ2) is 3.50. The highest BCUT2D eigenvalue weighted by Crippen LogP contribution is 2.25. The topological polar surface area (TPSA) is 61.6 Å². The summed E-state index contributed by atoms with van der Waals surface area (Å²) >= 11 is 0. The average molecular weight is 210 g/mol. The largest absolute Gasteiger partial charge is 0.320 e. The van der Waals surface area contributed by atoms with Crippen molar-refractivity contribution >= 4 is 5.91 Å². The Morgan fingerprint density at radius 1 is 1.53 bits per heavy atom. The summed E-state index contributed by atoms with van der Waals surface area (Å²) in [6.45, 7) is 4.93. The molecule has 0 aromatic rings. The smallest absolute Gasteiger partial charge is 0.244 e. The van der Waals surface area contributed by atoms with Gasteiger partial charge in [0, 0.05) is 19.6 Å². The number of carbonyl (C=O) groups excluding carboxylic acids is 1. The van der Waals surface area contributed by atoms with Crippen LogP contribution in [0.15, 0.2) is 11.4 Å². The Hall–Kier alpha value is -1.07. The number of nitrogens with zero attached hydrogens (tertiary/aromatic N) is 2. The molecule has 0 spiro atoms. The molecule has 0 aromatic heterocycles. The molecule has 0 bridgehead atoms. The van der Waals surface area contributed by atoms with E-state index in [0.717, 1.165) is 12.4 Å². The van der Waals surface area contributed by atoms with Crippen LogP contribution in [0.2, 0.25) is 0 Å². The number of likely N-dealkylation sites (N-methyl/N-ethyl adjacent to an activating group) is 1. The van der Waals surface area contributed by atoms with Gasteiger partial charge in [0.15, 0.2) is 0 Å². The number of amides is 1. The van der Waals surface area contributed by atoms with Gasteiger partial charge >= 0.3 is 0 Å². The summed E-state index contributed by atoms with van der Waals surface area (Å²) in [5, 5.41) is 2.03. The molecule has 5 heteroatoms. The molecule has 0 radical (unpaired) electrons. The van der Waals surface area contributed by atoms with Crippen molar-refractivity contribution in [2.45, 2.75) is 32.4 Å². The maximum Gasteiger partial charge on any atom is 0.244 e. The predicted molar refractivity (Wildman–Crippen MR) is 57.4 cm³/mol. The molecule has 3 N–H and O–H groups in total. The molecule has 2 atom stereocenters. The van der Waals surface area contributed by atoms with E-state index in [9.17, 15) is 4.79 Å². The second-order valence-electron chi connectivity index (χ2n) is 4.30. The van der Waals surface area contributed by atoms with Crippen molar-refractivity contribution in [3.05, 3.63) is 11.4 Å². The number of hydrogen-bond donors (Lipinski definition) is 2. The van der Waals surface area contributed by atoms with Gasteiger partial charge in [-0.1, -0.05) is 0 Å². The highest BCUT2D eigenvalue weighted by molar-refractivity contribution is 5.83. The summed E-state index contributed by atoms with van der Waals surface area (Å²) < 4.78 is 0. The molecule has 84 valence electrons. The van der Waals surface area contributed by atoms with Crippen molar-refractivity contribution in [3.63, 3.8) is 0 Å². The second-order valence-corrected chi connectivity index (χ2v) is 4.30. The van der Waals surface area contributed by atoms with Crippen LogP contribution in [0.25, 0.3) is 0 Å². The van der Waals surface area contributed by atoms with Gasteiger partial charge in [-0.3, -0.25) is 14.7 Å². The lowest BCUT2D eigenvalue weighted by molar-refractivity contribution is -0.129. The van der Waals surface area contributed by atoms with Gasteiger partial charge in [-0.25, -0.2) is 5.43 Å². The lowest BCUT2D eigenvalue weighted by Crippen LogP contribution is -2.41. The van der Waals surface area contributed by atoms with Crippen molar-refractivity contribution < 1.29 is 4.79 Å². The van der Waals surface area contributed by atoms with Gasteiger partial charge in [0.1, 0.15) is 5.82 Å². The van der Waals surface area contributed by atoms with Crippen molar-refractivity contribution in [1.29, 1.82) is 0 Å². The molecule has 1 saturated heterocycles. The maximum absolute atomic E-state index is 11.9. The van der Waals surface area contributed by atoms with Crippen LogP contribution in [0.5, 0.6) is 0 Å². The van der Waals surface area contributed by atoms with Crippen LogP contribution in [0.4, 0.5) is 0 Å². The molecule has 1 fully saturated rings. The van der Waals surface area contributed by atoms with E-state index in [0.29, 0.717) is 12.5 Å².